The molecule has 0 saturated carbocycles. The molecule has 7 nitrogen and oxygen atoms in total. The Balaban J connectivity index is 2.06. The number of anilines is 1. The van der Waals surface area contributed by atoms with Gasteiger partial charge < -0.3 is 5.11 Å². The Morgan fingerprint density at radius 1 is 1.56 bits per heavy atom. The minimum Gasteiger partial charge on any atom is -0.396 e. The van der Waals surface area contributed by atoms with Crippen LogP contribution in [0.3, 0.4) is 0 Å². The molecule has 0 aromatic carbocycles. The van der Waals surface area contributed by atoms with E-state index in [9.17, 15) is 8.42 Å². The van der Waals surface area contributed by atoms with Gasteiger partial charge in [0, 0.05) is 25.9 Å². The highest BCUT2D eigenvalue weighted by Crippen LogP contribution is 2.19. The van der Waals surface area contributed by atoms with Crippen molar-refractivity contribution in [2.24, 2.45) is 5.92 Å². The summed E-state index contributed by atoms with van der Waals surface area (Å²) in [5.41, 5.74) is 0. The molecule has 1 fully saturated rings. The highest BCUT2D eigenvalue weighted by molar-refractivity contribution is 7.90. The van der Waals surface area contributed by atoms with Crippen molar-refractivity contribution in [2.45, 2.75) is 12.8 Å². The average molecular weight is 272 g/mol. The summed E-state index contributed by atoms with van der Waals surface area (Å²) < 4.78 is 27.9. The summed E-state index contributed by atoms with van der Waals surface area (Å²) in [5, 5.41) is 16.4. The van der Waals surface area contributed by atoms with Crippen LogP contribution in [-0.2, 0) is 10.2 Å². The molecular weight excluding hydrogens is 256 g/mol. The highest BCUT2D eigenvalue weighted by Gasteiger charge is 2.28. The molecule has 1 saturated heterocycles. The molecule has 1 aromatic rings. The van der Waals surface area contributed by atoms with Crippen molar-refractivity contribution < 1.29 is 13.5 Å². The molecule has 0 radical (unpaired) electrons. The molecule has 2 rings (SSSR count). The molecule has 2 heterocycles. The Hall–Kier alpha value is -1.25. The van der Waals surface area contributed by atoms with E-state index in [1.165, 1.54) is 16.6 Å². The Bertz CT molecular complexity index is 479. The van der Waals surface area contributed by atoms with Crippen molar-refractivity contribution in [3.63, 3.8) is 0 Å². The van der Waals surface area contributed by atoms with Crippen molar-refractivity contribution >= 4 is 16.0 Å². The number of hydrogen-bond donors (Lipinski definition) is 2. The van der Waals surface area contributed by atoms with Crippen molar-refractivity contribution in [3.8, 4) is 0 Å². The lowest BCUT2D eigenvalue weighted by atomic mass is 10.0. The van der Waals surface area contributed by atoms with Crippen LogP contribution in [0.1, 0.15) is 12.8 Å². The zero-order chi connectivity index (χ0) is 13.0. The number of aromatic nitrogens is 2. The minimum absolute atomic E-state index is 0.0111. The zero-order valence-electron chi connectivity index (χ0n) is 9.86. The first-order valence-corrected chi connectivity index (χ1v) is 7.22. The largest absolute Gasteiger partial charge is 0.396 e. The van der Waals surface area contributed by atoms with E-state index >= 15 is 0 Å². The first kappa shape index (κ1) is 13.2. The van der Waals surface area contributed by atoms with Gasteiger partial charge in [-0.3, -0.25) is 4.72 Å². The Labute approximate surface area is 106 Å². The molecule has 1 aliphatic rings. The van der Waals surface area contributed by atoms with Gasteiger partial charge in [0.15, 0.2) is 5.82 Å². The molecule has 1 aliphatic heterocycles. The topological polar surface area (TPSA) is 95.4 Å². The number of rotatable bonds is 4. The minimum atomic E-state index is -3.61. The third-order valence-corrected chi connectivity index (χ3v) is 4.36. The van der Waals surface area contributed by atoms with Crippen molar-refractivity contribution in [1.82, 2.24) is 14.5 Å². The summed E-state index contributed by atoms with van der Waals surface area (Å²) in [4.78, 5) is 0. The molecule has 1 atom stereocenters. The third-order valence-electron chi connectivity index (χ3n) is 2.89. The van der Waals surface area contributed by atoms with Crippen molar-refractivity contribution in [2.75, 3.05) is 24.4 Å². The lowest BCUT2D eigenvalue weighted by molar-refractivity contribution is 0.166. The molecule has 100 valence electrons. The molecule has 1 unspecified atom stereocenters. The normalized spacial score (nSPS) is 21.7. The van der Waals surface area contributed by atoms with E-state index in [1.54, 1.807) is 6.07 Å². The van der Waals surface area contributed by atoms with Gasteiger partial charge in [-0.25, -0.2) is 0 Å². The second-order valence-electron chi connectivity index (χ2n) is 4.26. The van der Waals surface area contributed by atoms with E-state index in [2.05, 4.69) is 14.9 Å². The van der Waals surface area contributed by atoms with E-state index in [0.29, 0.717) is 13.1 Å². The molecule has 1 aromatic heterocycles. The number of hydrogen-bond acceptors (Lipinski definition) is 5. The monoisotopic (exact) mass is 272 g/mol. The lowest BCUT2D eigenvalue weighted by Crippen LogP contribution is -2.43. The first-order valence-electron chi connectivity index (χ1n) is 5.78. The fraction of sp³-hybridized carbons (Fsp3) is 0.600. The van der Waals surface area contributed by atoms with E-state index in [-0.39, 0.29) is 18.3 Å². The average Bonchev–Trinajstić information content (AvgIpc) is 2.39. The van der Waals surface area contributed by atoms with Crippen LogP contribution in [0, 0.1) is 5.92 Å². The van der Waals surface area contributed by atoms with Crippen LogP contribution >= 0.6 is 0 Å². The molecule has 0 amide bonds. The van der Waals surface area contributed by atoms with Gasteiger partial charge in [-0.15, -0.1) is 5.10 Å². The van der Waals surface area contributed by atoms with E-state index < -0.39 is 10.2 Å². The fourth-order valence-corrected chi connectivity index (χ4v) is 3.23. The summed E-state index contributed by atoms with van der Waals surface area (Å²) in [6.07, 6.45) is 3.08. The van der Waals surface area contributed by atoms with Gasteiger partial charge in [0.1, 0.15) is 0 Å². The predicted molar refractivity (Wildman–Crippen MR) is 66.0 cm³/mol. The lowest BCUT2D eigenvalue weighted by Gasteiger charge is -2.30. The molecule has 0 aliphatic carbocycles. The van der Waals surface area contributed by atoms with Gasteiger partial charge in [-0.1, -0.05) is 0 Å². The highest BCUT2D eigenvalue weighted by atomic mass is 32.2. The maximum atomic E-state index is 12.1. The SMILES string of the molecule is O=S(=O)(Nc1cccnn1)N1CCCC(CO)C1. The second kappa shape index (κ2) is 5.59. The third kappa shape index (κ3) is 3.15. The van der Waals surface area contributed by atoms with Gasteiger partial charge in [0.25, 0.3) is 0 Å². The molecule has 0 bridgehead atoms. The fourth-order valence-electron chi connectivity index (χ4n) is 1.95. The van der Waals surface area contributed by atoms with Gasteiger partial charge in [-0.2, -0.15) is 17.8 Å². The first-order chi connectivity index (χ1) is 8.62. The summed E-state index contributed by atoms with van der Waals surface area (Å²) in [6.45, 7) is 0.815. The molecule has 0 spiro atoms. The maximum absolute atomic E-state index is 12.1. The Morgan fingerprint density at radius 2 is 2.39 bits per heavy atom. The number of nitrogens with one attached hydrogen (secondary N) is 1. The summed E-state index contributed by atoms with van der Waals surface area (Å²) in [5.74, 6) is 0.209. The quantitative estimate of drug-likeness (QED) is 0.794. The van der Waals surface area contributed by atoms with Gasteiger partial charge in [0.05, 0.1) is 0 Å². The Kier molecular flexibility index (Phi) is 4.10. The van der Waals surface area contributed by atoms with Crippen LogP contribution in [0.25, 0.3) is 0 Å². The predicted octanol–water partition coefficient (Wildman–Crippen LogP) is -0.162. The molecule has 18 heavy (non-hydrogen) atoms. The summed E-state index contributed by atoms with van der Waals surface area (Å²) >= 11 is 0. The standard InChI is InChI=1S/C10H16N4O3S/c15-8-9-3-2-6-14(7-9)18(16,17)13-10-4-1-5-11-12-10/h1,4-5,9,15H,2-3,6-8H2,(H,12,13). The molecule has 8 heteroatoms. The smallest absolute Gasteiger partial charge is 0.302 e. The van der Waals surface area contributed by atoms with Crippen LogP contribution in [0.15, 0.2) is 18.3 Å². The molecular formula is C10H16N4O3S. The van der Waals surface area contributed by atoms with Gasteiger partial charge >= 0.3 is 10.2 Å². The van der Waals surface area contributed by atoms with Crippen LogP contribution in [0.2, 0.25) is 0 Å². The van der Waals surface area contributed by atoms with Crippen molar-refractivity contribution in [3.05, 3.63) is 18.3 Å². The van der Waals surface area contributed by atoms with E-state index in [0.717, 1.165) is 12.8 Å². The van der Waals surface area contributed by atoms with Crippen LogP contribution in [0.5, 0.6) is 0 Å². The van der Waals surface area contributed by atoms with Crippen LogP contribution in [-0.4, -0.2) is 47.7 Å². The number of piperidine rings is 1. The maximum Gasteiger partial charge on any atom is 0.302 e. The molecule has 2 N–H and O–H groups in total. The van der Waals surface area contributed by atoms with Crippen LogP contribution in [0.4, 0.5) is 5.82 Å². The summed E-state index contributed by atoms with van der Waals surface area (Å²) in [7, 11) is -3.61. The van der Waals surface area contributed by atoms with E-state index in [1.807, 2.05) is 0 Å². The number of aliphatic hydroxyl groups is 1. The number of aliphatic hydroxyl groups excluding tert-OH is 1. The van der Waals surface area contributed by atoms with Crippen LogP contribution < -0.4 is 4.72 Å². The zero-order valence-corrected chi connectivity index (χ0v) is 10.7. The van der Waals surface area contributed by atoms with Gasteiger partial charge in [0.2, 0.25) is 0 Å². The van der Waals surface area contributed by atoms with Gasteiger partial charge in [-0.05, 0) is 30.9 Å². The number of nitrogens with zero attached hydrogens (tertiary/aromatic N) is 3. The second-order valence-corrected chi connectivity index (χ2v) is 5.94. The Morgan fingerprint density at radius 3 is 3.06 bits per heavy atom. The summed E-state index contributed by atoms with van der Waals surface area (Å²) in [6, 6.07) is 3.15. The van der Waals surface area contributed by atoms with Crippen molar-refractivity contribution in [1.29, 1.82) is 0 Å². The van der Waals surface area contributed by atoms with E-state index in [4.69, 9.17) is 5.11 Å².